The third-order valence-corrected chi connectivity index (χ3v) is 11.4. The number of benzene rings is 1. The highest BCUT2D eigenvalue weighted by Crippen LogP contribution is 2.54. The molecule has 0 saturated carbocycles. The number of epoxide rings is 1. The fourth-order valence-corrected chi connectivity index (χ4v) is 7.52. The maximum atomic E-state index is 14.2. The van der Waals surface area contributed by atoms with Crippen molar-refractivity contribution in [3.63, 3.8) is 0 Å². The number of methoxy groups -OCH3 is 2. The van der Waals surface area contributed by atoms with Gasteiger partial charge in [-0.05, 0) is 51.3 Å². The molecule has 54 heavy (non-hydrogen) atoms. The van der Waals surface area contributed by atoms with E-state index < -0.39 is 65.2 Å². The molecule has 4 bridgehead atoms. The van der Waals surface area contributed by atoms with Crippen LogP contribution < -0.4 is 15.0 Å². The molecule has 1 aromatic rings. The number of carbonyl (C=O) groups excluding carboxylic acids is 4. The summed E-state index contributed by atoms with van der Waals surface area (Å²) in [7, 11) is 6.03. The highest BCUT2D eigenvalue weighted by Gasteiger charge is 2.68. The summed E-state index contributed by atoms with van der Waals surface area (Å²) in [5.74, 6) is -1.06. The van der Waals surface area contributed by atoms with Crippen molar-refractivity contribution in [3.05, 3.63) is 46.5 Å². The molecule has 7 atom stereocenters. The van der Waals surface area contributed by atoms with E-state index in [1.54, 1.807) is 45.2 Å². The number of nitrogens with zero attached hydrogens (tertiary/aromatic N) is 2. The van der Waals surface area contributed by atoms with Crippen molar-refractivity contribution in [2.45, 2.75) is 127 Å². The molecule has 2 N–H and O–H groups in total. The second-order valence-electron chi connectivity index (χ2n) is 16.1. The normalized spacial score (nSPS) is 30.8. The van der Waals surface area contributed by atoms with Crippen LogP contribution in [0, 0.1) is 5.41 Å². The number of thiol groups is 1. The first-order valence-corrected chi connectivity index (χ1v) is 18.9. The van der Waals surface area contributed by atoms with Crippen LogP contribution in [0.5, 0.6) is 5.75 Å². The smallest absolute Gasteiger partial charge is 0.409 e. The standard InChI is InChI=1S/C39H56ClN3O10S/c1-22-13-12-14-27(50-11)39(48)21-29(52-35(47)41-39)37(5,6)34-38(7,53-34)28(51-33(46)23(2)42(8)30(44)15-16-36(3,4)54)20-31(45)43(9)25-18-24(17-22)19-26(49-10)32(25)40/h12-14,18-19,23,27-29,34,48,54H,15-17,20-21H2,1-11H3,(H,41,47)/b14-12+,22-13+/t23-,27+,28?,29?,34+,38+,39-/m0/s1. The number of fused-ring (bicyclic) bond motifs is 5. The summed E-state index contributed by atoms with van der Waals surface area (Å²) in [5, 5.41) is 14.6. The van der Waals surface area contributed by atoms with Crippen molar-refractivity contribution in [2.75, 3.05) is 33.2 Å². The number of allylic oxidation sites excluding steroid dienone is 3. The van der Waals surface area contributed by atoms with E-state index in [2.05, 4.69) is 17.9 Å². The Kier molecular flexibility index (Phi) is 13.2. The molecule has 4 rings (SSSR count). The van der Waals surface area contributed by atoms with Crippen molar-refractivity contribution >= 4 is 53.8 Å². The Morgan fingerprint density at radius 3 is 2.50 bits per heavy atom. The Morgan fingerprint density at radius 2 is 1.89 bits per heavy atom. The van der Waals surface area contributed by atoms with E-state index in [4.69, 9.17) is 35.3 Å². The number of rotatable bonds is 8. The van der Waals surface area contributed by atoms with Crippen LogP contribution in [-0.4, -0.2) is 109 Å². The van der Waals surface area contributed by atoms with Gasteiger partial charge in [0.1, 0.15) is 40.7 Å². The second kappa shape index (κ2) is 16.4. The Bertz CT molecular complexity index is 1680. The number of alkyl carbamates (subject to hydrolysis) is 1. The second-order valence-corrected chi connectivity index (χ2v) is 17.7. The van der Waals surface area contributed by atoms with Gasteiger partial charge in [0, 0.05) is 44.2 Å². The van der Waals surface area contributed by atoms with Crippen molar-refractivity contribution in [3.8, 4) is 5.75 Å². The van der Waals surface area contributed by atoms with Crippen molar-refractivity contribution < 1.29 is 48.0 Å². The molecule has 2 fully saturated rings. The minimum absolute atomic E-state index is 0.0729. The molecule has 15 heteroatoms. The first-order chi connectivity index (χ1) is 25.0. The van der Waals surface area contributed by atoms with Gasteiger partial charge in [-0.2, -0.15) is 12.6 Å². The maximum absolute atomic E-state index is 14.2. The molecule has 3 aliphatic rings. The minimum Gasteiger partial charge on any atom is -0.495 e. The van der Waals surface area contributed by atoms with E-state index in [0.29, 0.717) is 24.3 Å². The van der Waals surface area contributed by atoms with Crippen molar-refractivity contribution in [1.82, 2.24) is 10.2 Å². The minimum atomic E-state index is -1.85. The monoisotopic (exact) mass is 793 g/mol. The van der Waals surface area contributed by atoms with Gasteiger partial charge >= 0.3 is 12.1 Å². The molecule has 3 aliphatic heterocycles. The SMILES string of the molecule is COc1cc2cc(c1Cl)N(C)C(=O)CC(OC(=O)[C@H](C)N(C)C(=O)CCC(C)(C)S)[C@@]1(C)O[C@@H]1C(C)(C)C1C[C@@](O)(NC(=O)O1)[C@H](OC)/C=C/C=C(\C)C2. The lowest BCUT2D eigenvalue weighted by Gasteiger charge is -2.45. The zero-order valence-electron chi connectivity index (χ0n) is 33.2. The van der Waals surface area contributed by atoms with Gasteiger partial charge in [0.15, 0.2) is 5.72 Å². The molecule has 300 valence electrons. The Morgan fingerprint density at radius 1 is 1.22 bits per heavy atom. The van der Waals surface area contributed by atoms with E-state index in [-0.39, 0.29) is 34.9 Å². The molecular formula is C39H56ClN3O10S. The third kappa shape index (κ3) is 9.55. The molecule has 2 saturated heterocycles. The Hall–Kier alpha value is -3.30. The summed E-state index contributed by atoms with van der Waals surface area (Å²) in [6.45, 7) is 12.7. The molecule has 0 spiro atoms. The number of amides is 3. The molecule has 1 aromatic carbocycles. The number of nitrogens with one attached hydrogen (secondary N) is 1. The van der Waals surface area contributed by atoms with Gasteiger partial charge in [0.2, 0.25) is 11.8 Å². The van der Waals surface area contributed by atoms with E-state index in [1.807, 2.05) is 40.7 Å². The van der Waals surface area contributed by atoms with E-state index in [0.717, 1.165) is 11.1 Å². The first kappa shape index (κ1) is 43.4. The molecule has 0 aliphatic carbocycles. The molecule has 0 aromatic heterocycles. The van der Waals surface area contributed by atoms with Crippen LogP contribution in [0.25, 0.3) is 0 Å². The van der Waals surface area contributed by atoms with Crippen LogP contribution in [0.3, 0.4) is 0 Å². The summed E-state index contributed by atoms with van der Waals surface area (Å²) in [5.41, 5.74) is -1.97. The Balaban J connectivity index is 1.78. The topological polar surface area (TPSA) is 156 Å². The number of halogens is 1. The van der Waals surface area contributed by atoms with Crippen LogP contribution in [0.4, 0.5) is 10.5 Å². The highest BCUT2D eigenvalue weighted by atomic mass is 35.5. The number of aliphatic hydroxyl groups is 1. The van der Waals surface area contributed by atoms with Gasteiger partial charge in [0.25, 0.3) is 0 Å². The number of anilines is 1. The maximum Gasteiger partial charge on any atom is 0.409 e. The summed E-state index contributed by atoms with van der Waals surface area (Å²) in [4.78, 5) is 56.8. The highest BCUT2D eigenvalue weighted by molar-refractivity contribution is 7.81. The lowest BCUT2D eigenvalue weighted by molar-refractivity contribution is -0.162. The van der Waals surface area contributed by atoms with E-state index in [1.165, 1.54) is 31.1 Å². The third-order valence-electron chi connectivity index (χ3n) is 10.8. The average Bonchev–Trinajstić information content (AvgIpc) is 3.80. The first-order valence-electron chi connectivity index (χ1n) is 18.0. The predicted molar refractivity (Wildman–Crippen MR) is 208 cm³/mol. The molecule has 3 amide bonds. The largest absolute Gasteiger partial charge is 0.495 e. The average molecular weight is 794 g/mol. The van der Waals surface area contributed by atoms with Crippen LogP contribution in [0.2, 0.25) is 5.02 Å². The molecule has 13 nitrogen and oxygen atoms in total. The zero-order chi connectivity index (χ0) is 40.6. The fourth-order valence-electron chi connectivity index (χ4n) is 7.10. The molecule has 3 heterocycles. The van der Waals surface area contributed by atoms with Gasteiger partial charge in [-0.1, -0.05) is 63.1 Å². The fraction of sp³-hybridized carbons (Fsp3) is 0.641. The lowest BCUT2D eigenvalue weighted by atomic mass is 9.73. The van der Waals surface area contributed by atoms with Gasteiger partial charge in [-0.25, -0.2) is 9.59 Å². The van der Waals surface area contributed by atoms with Crippen LogP contribution in [-0.2, 0) is 39.8 Å². The summed E-state index contributed by atoms with van der Waals surface area (Å²) in [6, 6.07) is 2.59. The van der Waals surface area contributed by atoms with E-state index in [9.17, 15) is 24.3 Å². The number of carbonyl (C=O) groups is 4. The lowest BCUT2D eigenvalue weighted by Crippen LogP contribution is -2.65. The van der Waals surface area contributed by atoms with Gasteiger partial charge < -0.3 is 38.6 Å². The van der Waals surface area contributed by atoms with Crippen molar-refractivity contribution in [1.29, 1.82) is 0 Å². The van der Waals surface area contributed by atoms with Gasteiger partial charge in [-0.3, -0.25) is 14.9 Å². The number of hydrogen-bond acceptors (Lipinski definition) is 11. The van der Waals surface area contributed by atoms with Crippen LogP contribution >= 0.6 is 24.2 Å². The quantitative estimate of drug-likeness (QED) is 0.177. The summed E-state index contributed by atoms with van der Waals surface area (Å²) >= 11 is 11.3. The number of esters is 1. The molecule has 2 unspecified atom stereocenters. The summed E-state index contributed by atoms with van der Waals surface area (Å²) in [6.07, 6.45) is 1.42. The number of likely N-dealkylation sites (N-methyl/N-ethyl adjacent to an activating group) is 1. The van der Waals surface area contributed by atoms with Crippen LogP contribution in [0.1, 0.15) is 79.7 Å². The van der Waals surface area contributed by atoms with Crippen molar-refractivity contribution in [2.24, 2.45) is 5.41 Å². The van der Waals surface area contributed by atoms with Gasteiger partial charge in [0.05, 0.1) is 25.3 Å². The van der Waals surface area contributed by atoms with Gasteiger partial charge in [-0.15, -0.1) is 0 Å². The Labute approximate surface area is 329 Å². The van der Waals surface area contributed by atoms with E-state index >= 15 is 0 Å². The number of ether oxygens (including phenoxy) is 5. The zero-order valence-corrected chi connectivity index (χ0v) is 34.8. The van der Waals surface area contributed by atoms with Crippen LogP contribution in [0.15, 0.2) is 35.9 Å². The predicted octanol–water partition coefficient (Wildman–Crippen LogP) is 5.39. The molecular weight excluding hydrogens is 738 g/mol. The number of hydrogen-bond donors (Lipinski definition) is 3. The molecule has 0 radical (unpaired) electrons. The summed E-state index contributed by atoms with van der Waals surface area (Å²) < 4.78 is 29.1.